The van der Waals surface area contributed by atoms with Crippen LogP contribution >= 0.6 is 23.1 Å². The van der Waals surface area contributed by atoms with Gasteiger partial charge in [0.1, 0.15) is 12.3 Å². The van der Waals surface area contributed by atoms with Crippen molar-refractivity contribution in [1.82, 2.24) is 9.88 Å². The van der Waals surface area contributed by atoms with E-state index in [-0.39, 0.29) is 51.4 Å². The molecule has 1 aromatic carbocycles. The predicted molar refractivity (Wildman–Crippen MR) is 111 cm³/mol. The lowest BCUT2D eigenvalue weighted by Gasteiger charge is -2.43. The van der Waals surface area contributed by atoms with E-state index >= 15 is 0 Å². The van der Waals surface area contributed by atoms with E-state index in [4.69, 9.17) is 5.11 Å². The quantitative estimate of drug-likeness (QED) is 0.597. The lowest BCUT2D eigenvalue weighted by atomic mass is 9.68. The van der Waals surface area contributed by atoms with Gasteiger partial charge in [0.25, 0.3) is 0 Å². The summed E-state index contributed by atoms with van der Waals surface area (Å²) >= 11 is 2.76. The van der Waals surface area contributed by atoms with Crippen molar-refractivity contribution in [3.63, 3.8) is 0 Å². The number of aromatic hydroxyl groups is 1. The number of aromatic nitrogens is 1. The lowest BCUT2D eigenvalue weighted by Crippen LogP contribution is -2.42. The molecule has 10 heteroatoms. The summed E-state index contributed by atoms with van der Waals surface area (Å²) in [6, 6.07) is 6.94. The summed E-state index contributed by atoms with van der Waals surface area (Å²) in [4.78, 5) is 54.1. The van der Waals surface area contributed by atoms with Gasteiger partial charge in [-0.25, -0.2) is 0 Å². The molecule has 2 aliphatic heterocycles. The van der Waals surface area contributed by atoms with Crippen LogP contribution in [0.2, 0.25) is 0 Å². The van der Waals surface area contributed by atoms with Crippen LogP contribution in [-0.4, -0.2) is 49.7 Å². The number of aliphatic carboxylic acids is 1. The Morgan fingerprint density at radius 3 is 2.45 bits per heavy atom. The van der Waals surface area contributed by atoms with Crippen LogP contribution in [0.1, 0.15) is 22.8 Å². The fourth-order valence-electron chi connectivity index (χ4n) is 6.42. The topological polar surface area (TPSA) is 128 Å². The van der Waals surface area contributed by atoms with Gasteiger partial charge >= 0.3 is 10.8 Å². The zero-order valence-electron chi connectivity index (χ0n) is 16.1. The van der Waals surface area contributed by atoms with E-state index in [1.54, 1.807) is 23.9 Å². The van der Waals surface area contributed by atoms with Crippen LogP contribution in [0.15, 0.2) is 34.1 Å². The first kappa shape index (κ1) is 19.1. The molecule has 0 radical (unpaired) electrons. The summed E-state index contributed by atoms with van der Waals surface area (Å²) in [7, 11) is 0. The number of carboxylic acid groups (broad SMARTS) is 1. The molecule has 0 unspecified atom stereocenters. The van der Waals surface area contributed by atoms with Gasteiger partial charge in [-0.3, -0.25) is 24.1 Å². The number of thioether (sulfide) groups is 1. The Labute approximate surface area is 184 Å². The monoisotopic (exact) mass is 458 g/mol. The van der Waals surface area contributed by atoms with Gasteiger partial charge in [-0.2, -0.15) is 0 Å². The molecule has 3 heterocycles. The third-order valence-corrected chi connectivity index (χ3v) is 9.95. The number of hydrogen-bond donors (Lipinski definition) is 3. The first-order chi connectivity index (χ1) is 14.8. The number of carboxylic acids is 1. The molecule has 3 fully saturated rings. The van der Waals surface area contributed by atoms with Crippen LogP contribution in [0.4, 0.5) is 0 Å². The van der Waals surface area contributed by atoms with Crippen LogP contribution in [0.5, 0.6) is 5.75 Å². The number of aromatic amines is 1. The molecular weight excluding hydrogens is 440 g/mol. The zero-order valence-corrected chi connectivity index (χ0v) is 17.7. The van der Waals surface area contributed by atoms with Gasteiger partial charge in [0.15, 0.2) is 0 Å². The summed E-state index contributed by atoms with van der Waals surface area (Å²) in [5, 5.41) is 19.8. The zero-order chi connectivity index (χ0) is 21.6. The van der Waals surface area contributed by atoms with Gasteiger partial charge in [-0.05, 0) is 41.9 Å². The van der Waals surface area contributed by atoms with Gasteiger partial charge in [0.2, 0.25) is 11.8 Å². The number of phenolic OH excluding ortho intramolecular Hbond substituents is 1. The van der Waals surface area contributed by atoms with Gasteiger partial charge in [0, 0.05) is 16.0 Å². The average Bonchev–Trinajstić information content (AvgIpc) is 3.44. The fourth-order valence-corrected chi connectivity index (χ4v) is 9.31. The van der Waals surface area contributed by atoms with Crippen LogP contribution in [0.3, 0.4) is 0 Å². The number of imide groups is 1. The first-order valence-corrected chi connectivity index (χ1v) is 11.8. The van der Waals surface area contributed by atoms with Crippen molar-refractivity contribution in [3.8, 4) is 5.75 Å². The maximum atomic E-state index is 13.1. The van der Waals surface area contributed by atoms with Crippen molar-refractivity contribution in [2.24, 2.45) is 29.6 Å². The number of thiazole rings is 1. The molecular formula is C21H18N2O6S2. The highest BCUT2D eigenvalue weighted by molar-refractivity contribution is 8.00. The standard InChI is InChI=1S/C21H18N2O6S2/c24-8-3-1-7(2-4-8)12-13-9-5-10(16(13)30-18-17(12)31-21(29)22-18)15-14(9)19(27)23(20(15)28)6-11(25)26/h1-4,9-10,12-16,24H,5-6H2,(H,22,29)(H,25,26)/t9-,10-,12+,13-,14+,15-,16-/m1/s1. The van der Waals surface area contributed by atoms with Crippen LogP contribution in [-0.2, 0) is 14.4 Å². The summed E-state index contributed by atoms with van der Waals surface area (Å²) in [5.74, 6) is -2.87. The number of carbonyl (C=O) groups excluding carboxylic acids is 2. The largest absolute Gasteiger partial charge is 0.508 e. The number of likely N-dealkylation sites (tertiary alicyclic amines) is 1. The maximum Gasteiger partial charge on any atom is 0.323 e. The van der Waals surface area contributed by atoms with E-state index in [2.05, 4.69) is 4.98 Å². The first-order valence-electron chi connectivity index (χ1n) is 10.1. The van der Waals surface area contributed by atoms with E-state index in [9.17, 15) is 24.3 Å². The Morgan fingerprint density at radius 1 is 1.10 bits per heavy atom. The molecule has 2 aliphatic carbocycles. The Bertz CT molecular complexity index is 1190. The second kappa shape index (κ2) is 6.46. The Kier molecular flexibility index (Phi) is 3.98. The molecule has 1 saturated heterocycles. The Morgan fingerprint density at radius 2 is 1.77 bits per heavy atom. The fraction of sp³-hybridized carbons (Fsp3) is 0.429. The van der Waals surface area contributed by atoms with E-state index in [0.29, 0.717) is 0 Å². The predicted octanol–water partition coefficient (Wildman–Crippen LogP) is 1.70. The number of amides is 2. The summed E-state index contributed by atoms with van der Waals surface area (Å²) < 4.78 is 0. The number of carbonyl (C=O) groups is 3. The highest BCUT2D eigenvalue weighted by Crippen LogP contribution is 2.68. The number of fused-ring (bicyclic) bond motifs is 9. The van der Waals surface area contributed by atoms with Crippen LogP contribution in [0.25, 0.3) is 0 Å². The molecule has 8 nitrogen and oxygen atoms in total. The van der Waals surface area contributed by atoms with Crippen molar-refractivity contribution >= 4 is 40.9 Å². The number of rotatable bonds is 3. The molecule has 1 aromatic heterocycles. The smallest absolute Gasteiger partial charge is 0.323 e. The summed E-state index contributed by atoms with van der Waals surface area (Å²) in [6.07, 6.45) is 0.754. The average molecular weight is 459 g/mol. The molecule has 2 amide bonds. The Balaban J connectivity index is 1.45. The minimum Gasteiger partial charge on any atom is -0.508 e. The molecule has 160 valence electrons. The lowest BCUT2D eigenvalue weighted by molar-refractivity contribution is -0.149. The minimum atomic E-state index is -1.19. The van der Waals surface area contributed by atoms with Crippen molar-refractivity contribution in [2.75, 3.05) is 6.54 Å². The normalized spacial score (nSPS) is 35.2. The van der Waals surface area contributed by atoms with Gasteiger partial charge in [-0.1, -0.05) is 23.5 Å². The third kappa shape index (κ3) is 2.54. The van der Waals surface area contributed by atoms with E-state index < -0.39 is 24.3 Å². The molecule has 0 spiro atoms. The Hall–Kier alpha value is -2.59. The molecule has 31 heavy (non-hydrogen) atoms. The molecule has 7 atom stereocenters. The number of nitrogens with zero attached hydrogens (tertiary/aromatic N) is 1. The molecule has 2 aromatic rings. The van der Waals surface area contributed by atoms with Crippen LogP contribution < -0.4 is 4.87 Å². The van der Waals surface area contributed by atoms with Crippen molar-refractivity contribution in [2.45, 2.75) is 22.6 Å². The number of nitrogens with one attached hydrogen (secondary N) is 1. The molecule has 6 rings (SSSR count). The van der Waals surface area contributed by atoms with Crippen LogP contribution in [0, 0.1) is 29.6 Å². The van der Waals surface area contributed by atoms with Gasteiger partial charge in [0.05, 0.1) is 16.9 Å². The number of phenols is 1. The van der Waals surface area contributed by atoms with E-state index in [1.165, 1.54) is 11.3 Å². The van der Waals surface area contributed by atoms with Gasteiger partial charge < -0.3 is 15.2 Å². The number of H-pyrrole nitrogens is 1. The second-order valence-electron chi connectivity index (χ2n) is 8.71. The SMILES string of the molecule is O=C(O)CN1C(=O)[C@@H]2[C@H]3C[C@@H]([C@@H]2C1=O)[C@@H]1[C@H](c2ccc(O)cc2)c2sc(=O)[nH]c2S[C@H]31. The van der Waals surface area contributed by atoms with E-state index in [0.717, 1.165) is 26.8 Å². The molecule has 4 aliphatic rings. The number of benzene rings is 1. The summed E-state index contributed by atoms with van der Waals surface area (Å²) in [6.45, 7) is -0.589. The van der Waals surface area contributed by atoms with Crippen molar-refractivity contribution < 1.29 is 24.6 Å². The summed E-state index contributed by atoms with van der Waals surface area (Å²) in [5.41, 5.74) is 0.966. The van der Waals surface area contributed by atoms with Crippen molar-refractivity contribution in [1.29, 1.82) is 0 Å². The highest BCUT2D eigenvalue weighted by Gasteiger charge is 2.69. The van der Waals surface area contributed by atoms with Gasteiger partial charge in [-0.15, -0.1) is 11.8 Å². The second-order valence-corrected chi connectivity index (χ2v) is 10.9. The van der Waals surface area contributed by atoms with Crippen molar-refractivity contribution in [3.05, 3.63) is 44.4 Å². The number of hydrogen-bond acceptors (Lipinski definition) is 7. The maximum absolute atomic E-state index is 13.1. The molecule has 2 saturated carbocycles. The third-order valence-electron chi connectivity index (χ3n) is 7.36. The molecule has 2 bridgehead atoms. The highest BCUT2D eigenvalue weighted by atomic mass is 32.2. The minimum absolute atomic E-state index is 0.0311. The van der Waals surface area contributed by atoms with E-state index in [1.807, 2.05) is 12.1 Å². The molecule has 3 N–H and O–H groups in total.